The second kappa shape index (κ2) is 6.89. The van der Waals surface area contributed by atoms with Crippen LogP contribution in [0.3, 0.4) is 0 Å². The molecule has 2 aliphatic rings. The number of ether oxygens (including phenoxy) is 1. The van der Waals surface area contributed by atoms with Gasteiger partial charge in [0.05, 0.1) is 18.5 Å². The Bertz CT molecular complexity index is 734. The summed E-state index contributed by atoms with van der Waals surface area (Å²) in [5, 5.41) is 7.00. The van der Waals surface area contributed by atoms with Gasteiger partial charge in [-0.05, 0) is 25.3 Å². The van der Waals surface area contributed by atoms with Crippen LogP contribution in [0.25, 0.3) is 0 Å². The first-order chi connectivity index (χ1) is 12.2. The van der Waals surface area contributed by atoms with Crippen molar-refractivity contribution >= 4 is 11.7 Å². The van der Waals surface area contributed by atoms with Crippen LogP contribution < -0.4 is 5.32 Å². The van der Waals surface area contributed by atoms with Crippen LogP contribution in [-0.4, -0.2) is 55.9 Å². The molecule has 0 aliphatic carbocycles. The molecule has 4 rings (SSSR count). The number of likely N-dealkylation sites (tertiary alicyclic amines) is 1. The van der Waals surface area contributed by atoms with E-state index in [1.54, 1.807) is 12.4 Å². The van der Waals surface area contributed by atoms with Gasteiger partial charge in [-0.15, -0.1) is 0 Å². The summed E-state index contributed by atoms with van der Waals surface area (Å²) >= 11 is 0. The van der Waals surface area contributed by atoms with Crippen LogP contribution in [0.1, 0.15) is 18.4 Å². The van der Waals surface area contributed by atoms with E-state index in [9.17, 15) is 4.79 Å². The number of nitrogens with zero attached hydrogens (tertiary/aromatic N) is 5. The molecule has 1 N–H and O–H groups in total. The van der Waals surface area contributed by atoms with Gasteiger partial charge in [-0.3, -0.25) is 19.4 Å². The zero-order valence-corrected chi connectivity index (χ0v) is 14.2. The number of carbonyl (C=O) groups excluding carboxylic acids is 1. The van der Waals surface area contributed by atoms with Crippen molar-refractivity contribution in [3.05, 3.63) is 36.5 Å². The normalized spacial score (nSPS) is 26.4. The Labute approximate surface area is 146 Å². The first-order valence-electron chi connectivity index (χ1n) is 8.59. The van der Waals surface area contributed by atoms with E-state index >= 15 is 0 Å². The summed E-state index contributed by atoms with van der Waals surface area (Å²) in [4.78, 5) is 22.8. The summed E-state index contributed by atoms with van der Waals surface area (Å²) in [6.45, 7) is 2.75. The third-order valence-corrected chi connectivity index (χ3v) is 4.91. The van der Waals surface area contributed by atoms with Gasteiger partial charge in [0.2, 0.25) is 0 Å². The van der Waals surface area contributed by atoms with Crippen LogP contribution in [0.15, 0.2) is 31.0 Å². The Morgan fingerprint density at radius 1 is 1.40 bits per heavy atom. The van der Waals surface area contributed by atoms with Crippen LogP contribution in [0.2, 0.25) is 0 Å². The van der Waals surface area contributed by atoms with Gasteiger partial charge in [0.25, 0.3) is 5.91 Å². The van der Waals surface area contributed by atoms with Crippen molar-refractivity contribution in [3.63, 3.8) is 0 Å². The predicted octanol–water partition coefficient (Wildman–Crippen LogP) is 0.828. The third-order valence-electron chi connectivity index (χ3n) is 4.91. The molecule has 2 fully saturated rings. The second-order valence-electron chi connectivity index (χ2n) is 6.78. The minimum atomic E-state index is -0.407. The lowest BCUT2D eigenvalue weighted by atomic mass is 9.91. The first-order valence-corrected chi connectivity index (χ1v) is 8.59. The summed E-state index contributed by atoms with van der Waals surface area (Å²) in [5.41, 5.74) is 1.20. The zero-order chi connectivity index (χ0) is 17.2. The summed E-state index contributed by atoms with van der Waals surface area (Å²) in [7, 11) is 1.93. The number of piperidine rings is 1. The highest BCUT2D eigenvalue weighted by molar-refractivity contribution is 5.93. The molecule has 2 aromatic heterocycles. The van der Waals surface area contributed by atoms with Crippen molar-refractivity contribution in [1.82, 2.24) is 24.6 Å². The van der Waals surface area contributed by atoms with E-state index in [0.29, 0.717) is 11.7 Å². The van der Waals surface area contributed by atoms with Gasteiger partial charge in [-0.2, -0.15) is 5.10 Å². The highest BCUT2D eigenvalue weighted by atomic mass is 16.5. The number of rotatable bonds is 4. The summed E-state index contributed by atoms with van der Waals surface area (Å²) in [6.07, 6.45) is 10.1. The number of anilines is 1. The van der Waals surface area contributed by atoms with Crippen LogP contribution in [0.5, 0.6) is 0 Å². The van der Waals surface area contributed by atoms with E-state index in [-0.39, 0.29) is 12.0 Å². The molecule has 8 heteroatoms. The second-order valence-corrected chi connectivity index (χ2v) is 6.78. The molecule has 4 heterocycles. The van der Waals surface area contributed by atoms with Crippen LogP contribution >= 0.6 is 0 Å². The van der Waals surface area contributed by atoms with Gasteiger partial charge < -0.3 is 10.1 Å². The fourth-order valence-corrected chi connectivity index (χ4v) is 3.69. The minimum Gasteiger partial charge on any atom is -0.364 e. The third kappa shape index (κ3) is 3.69. The molecular weight excluding hydrogens is 320 g/mol. The number of nitrogens with one attached hydrogen (secondary N) is 1. The van der Waals surface area contributed by atoms with Gasteiger partial charge in [0.15, 0.2) is 5.82 Å². The molecule has 0 spiro atoms. The Kier molecular flexibility index (Phi) is 4.46. The van der Waals surface area contributed by atoms with Crippen molar-refractivity contribution in [3.8, 4) is 0 Å². The fraction of sp³-hybridized carbons (Fsp3) is 0.529. The van der Waals surface area contributed by atoms with Crippen LogP contribution in [0.4, 0.5) is 5.82 Å². The quantitative estimate of drug-likeness (QED) is 0.886. The summed E-state index contributed by atoms with van der Waals surface area (Å²) < 4.78 is 7.87. The highest BCUT2D eigenvalue weighted by Crippen LogP contribution is 2.34. The first kappa shape index (κ1) is 16.2. The maximum atomic E-state index is 12.4. The molecule has 2 aromatic rings. The molecule has 3 atom stereocenters. The molecule has 1 amide bonds. The van der Waals surface area contributed by atoms with Crippen molar-refractivity contribution < 1.29 is 9.53 Å². The van der Waals surface area contributed by atoms with E-state index in [4.69, 9.17) is 4.74 Å². The Morgan fingerprint density at radius 2 is 2.32 bits per heavy atom. The summed E-state index contributed by atoms with van der Waals surface area (Å²) in [6, 6.07) is 0. The Morgan fingerprint density at radius 3 is 3.08 bits per heavy atom. The lowest BCUT2D eigenvalue weighted by molar-refractivity contribution is -0.127. The molecule has 8 nitrogen and oxygen atoms in total. The number of fused-ring (bicyclic) bond motifs is 1. The number of aryl methyl sites for hydroxylation is 1. The van der Waals surface area contributed by atoms with Crippen molar-refractivity contribution in [1.29, 1.82) is 0 Å². The smallest absolute Gasteiger partial charge is 0.254 e. The molecule has 0 radical (unpaired) electrons. The number of aromatic nitrogens is 4. The monoisotopic (exact) mass is 342 g/mol. The van der Waals surface area contributed by atoms with Gasteiger partial charge in [0, 0.05) is 44.3 Å². The van der Waals surface area contributed by atoms with Crippen molar-refractivity contribution in [2.75, 3.05) is 18.4 Å². The molecule has 25 heavy (non-hydrogen) atoms. The Balaban J connectivity index is 1.33. The average Bonchev–Trinajstić information content (AvgIpc) is 3.21. The lowest BCUT2D eigenvalue weighted by Gasteiger charge is -2.33. The zero-order valence-electron chi connectivity index (χ0n) is 14.2. The van der Waals surface area contributed by atoms with Gasteiger partial charge in [-0.25, -0.2) is 4.98 Å². The van der Waals surface area contributed by atoms with E-state index in [2.05, 4.69) is 25.3 Å². The maximum absolute atomic E-state index is 12.4. The van der Waals surface area contributed by atoms with Crippen molar-refractivity contribution in [2.45, 2.75) is 31.6 Å². The largest absolute Gasteiger partial charge is 0.364 e. The molecule has 132 valence electrons. The van der Waals surface area contributed by atoms with Crippen LogP contribution in [0, 0.1) is 5.92 Å². The molecule has 2 saturated heterocycles. The van der Waals surface area contributed by atoms with Gasteiger partial charge >= 0.3 is 0 Å². The number of carbonyl (C=O) groups is 1. The maximum Gasteiger partial charge on any atom is 0.254 e. The number of hydrogen-bond donors (Lipinski definition) is 1. The molecule has 0 aromatic carbocycles. The van der Waals surface area contributed by atoms with E-state index in [1.165, 1.54) is 11.8 Å². The average molecular weight is 342 g/mol. The van der Waals surface area contributed by atoms with E-state index in [1.807, 2.05) is 24.1 Å². The fourth-order valence-electron chi connectivity index (χ4n) is 3.69. The van der Waals surface area contributed by atoms with Gasteiger partial charge in [0.1, 0.15) is 6.10 Å². The van der Waals surface area contributed by atoms with E-state index < -0.39 is 6.10 Å². The molecule has 2 aliphatic heterocycles. The molecule has 0 bridgehead atoms. The standard InChI is InChI=1S/C17H22N6O2/c1-22-9-12(7-20-22)10-23-5-2-13-6-14(25-15(13)11-23)17(24)21-16-8-18-3-4-19-16/h3-4,7-9,13-15H,2,5-6,10-11H2,1H3,(H,19,21,24)/t13-,14+,15+/m1/s1. The molecule has 0 saturated carbocycles. The molecule has 0 unspecified atom stereocenters. The number of amides is 1. The van der Waals surface area contributed by atoms with E-state index in [0.717, 1.165) is 32.5 Å². The Hall–Kier alpha value is -2.32. The molecular formula is C17H22N6O2. The van der Waals surface area contributed by atoms with Crippen molar-refractivity contribution in [2.24, 2.45) is 13.0 Å². The number of hydrogen-bond acceptors (Lipinski definition) is 6. The van der Waals surface area contributed by atoms with Crippen LogP contribution in [-0.2, 0) is 23.1 Å². The lowest BCUT2D eigenvalue weighted by Crippen LogP contribution is -2.41. The topological polar surface area (TPSA) is 85.2 Å². The SMILES string of the molecule is Cn1cc(CN2CC[C@@H]3C[C@@H](C(=O)Nc4cnccn4)O[C@H]3C2)cn1. The minimum absolute atomic E-state index is 0.114. The summed E-state index contributed by atoms with van der Waals surface area (Å²) in [5.74, 6) is 0.778. The predicted molar refractivity (Wildman–Crippen MR) is 90.5 cm³/mol. The van der Waals surface area contributed by atoms with Gasteiger partial charge in [-0.1, -0.05) is 0 Å². The highest BCUT2D eigenvalue weighted by Gasteiger charge is 2.41.